The molecule has 7 nitrogen and oxygen atoms in total. The average Bonchev–Trinajstić information content (AvgIpc) is 3.48. The Kier molecular flexibility index (Phi) is 5.39. The van der Waals surface area contributed by atoms with Gasteiger partial charge in [-0.05, 0) is 30.2 Å². The van der Waals surface area contributed by atoms with E-state index in [9.17, 15) is 0 Å². The SMILES string of the molecule is N[C@H](CNc1nc(-c2ccncc2)nc2c(-c3ccn[nH]3)csc12)Cc1ccccc1. The zero-order valence-electron chi connectivity index (χ0n) is 16.7. The summed E-state index contributed by atoms with van der Waals surface area (Å²) in [4.78, 5) is 13.8. The van der Waals surface area contributed by atoms with Gasteiger partial charge >= 0.3 is 0 Å². The molecule has 154 valence electrons. The Morgan fingerprint density at radius 1 is 1.00 bits per heavy atom. The molecule has 5 aromatic rings. The summed E-state index contributed by atoms with van der Waals surface area (Å²) >= 11 is 1.61. The van der Waals surface area contributed by atoms with Crippen LogP contribution in [0.3, 0.4) is 0 Å². The van der Waals surface area contributed by atoms with Crippen LogP contribution in [0.2, 0.25) is 0 Å². The fraction of sp³-hybridized carbons (Fsp3) is 0.130. The third-order valence-electron chi connectivity index (χ3n) is 5.02. The zero-order valence-corrected chi connectivity index (χ0v) is 17.5. The minimum absolute atomic E-state index is 0.0381. The molecule has 5 rings (SSSR count). The molecule has 0 fully saturated rings. The van der Waals surface area contributed by atoms with Crippen molar-refractivity contribution in [3.8, 4) is 22.6 Å². The monoisotopic (exact) mass is 427 g/mol. The van der Waals surface area contributed by atoms with Crippen LogP contribution in [-0.4, -0.2) is 37.7 Å². The first kappa shape index (κ1) is 19.3. The number of H-pyrrole nitrogens is 1. The standard InChI is InChI=1S/C23H21N7S/c24-17(12-15-4-2-1-3-5-15)13-26-23-21-20(18(14-31-21)19-8-11-27-30-19)28-22(29-23)16-6-9-25-10-7-16/h1-11,14,17H,12-13,24H2,(H,27,30)(H,26,28,29)/t17-/m0/s1. The maximum Gasteiger partial charge on any atom is 0.162 e. The number of nitrogens with zero attached hydrogens (tertiary/aromatic N) is 4. The van der Waals surface area contributed by atoms with Crippen molar-refractivity contribution in [2.45, 2.75) is 12.5 Å². The van der Waals surface area contributed by atoms with Gasteiger partial charge in [0, 0.05) is 47.7 Å². The van der Waals surface area contributed by atoms with Gasteiger partial charge in [0.1, 0.15) is 5.82 Å². The van der Waals surface area contributed by atoms with Crippen LogP contribution >= 0.6 is 11.3 Å². The van der Waals surface area contributed by atoms with Gasteiger partial charge in [-0.15, -0.1) is 11.3 Å². The number of pyridine rings is 1. The van der Waals surface area contributed by atoms with E-state index in [0.29, 0.717) is 12.4 Å². The van der Waals surface area contributed by atoms with Crippen LogP contribution in [0.1, 0.15) is 5.56 Å². The van der Waals surface area contributed by atoms with Crippen molar-refractivity contribution >= 4 is 27.4 Å². The zero-order chi connectivity index (χ0) is 21.0. The fourth-order valence-electron chi connectivity index (χ4n) is 3.48. The summed E-state index contributed by atoms with van der Waals surface area (Å²) in [5.41, 5.74) is 11.4. The van der Waals surface area contributed by atoms with Gasteiger partial charge in [0.25, 0.3) is 0 Å². The van der Waals surface area contributed by atoms with Crippen LogP contribution in [-0.2, 0) is 6.42 Å². The lowest BCUT2D eigenvalue weighted by Gasteiger charge is -2.14. The molecule has 4 heterocycles. The third kappa shape index (κ3) is 4.16. The predicted molar refractivity (Wildman–Crippen MR) is 125 cm³/mol. The second-order valence-corrected chi connectivity index (χ2v) is 8.14. The lowest BCUT2D eigenvalue weighted by atomic mass is 10.1. The van der Waals surface area contributed by atoms with Crippen LogP contribution in [0.15, 0.2) is 72.5 Å². The number of aromatic nitrogens is 5. The number of nitrogens with two attached hydrogens (primary N) is 1. The summed E-state index contributed by atoms with van der Waals surface area (Å²) in [6, 6.07) is 16.0. The first-order chi connectivity index (χ1) is 15.3. The molecule has 0 radical (unpaired) electrons. The number of benzene rings is 1. The van der Waals surface area contributed by atoms with Gasteiger partial charge in [-0.1, -0.05) is 30.3 Å². The Morgan fingerprint density at radius 2 is 1.84 bits per heavy atom. The molecule has 0 amide bonds. The summed E-state index contributed by atoms with van der Waals surface area (Å²) in [6.07, 6.45) is 6.03. The quantitative estimate of drug-likeness (QED) is 0.361. The smallest absolute Gasteiger partial charge is 0.162 e. The molecular weight excluding hydrogens is 406 g/mol. The van der Waals surface area contributed by atoms with E-state index < -0.39 is 0 Å². The van der Waals surface area contributed by atoms with Crippen molar-refractivity contribution in [3.05, 3.63) is 78.1 Å². The highest BCUT2D eigenvalue weighted by molar-refractivity contribution is 7.18. The Balaban J connectivity index is 1.49. The first-order valence-corrected chi connectivity index (χ1v) is 10.9. The van der Waals surface area contributed by atoms with E-state index in [4.69, 9.17) is 15.7 Å². The molecule has 31 heavy (non-hydrogen) atoms. The molecular formula is C23H21N7S. The molecule has 8 heteroatoms. The first-order valence-electron chi connectivity index (χ1n) is 10.0. The molecule has 0 aliphatic heterocycles. The van der Waals surface area contributed by atoms with Gasteiger partial charge < -0.3 is 11.1 Å². The van der Waals surface area contributed by atoms with Crippen molar-refractivity contribution in [1.29, 1.82) is 0 Å². The number of fused-ring (bicyclic) bond motifs is 1. The maximum atomic E-state index is 6.41. The summed E-state index contributed by atoms with van der Waals surface area (Å²) in [7, 11) is 0. The van der Waals surface area contributed by atoms with Gasteiger partial charge in [0.05, 0.1) is 15.9 Å². The number of hydrogen-bond acceptors (Lipinski definition) is 7. The van der Waals surface area contributed by atoms with Crippen LogP contribution in [0.5, 0.6) is 0 Å². The molecule has 0 aliphatic carbocycles. The normalized spacial score (nSPS) is 12.2. The number of nitrogens with one attached hydrogen (secondary N) is 2. The van der Waals surface area contributed by atoms with E-state index in [1.807, 2.05) is 36.4 Å². The van der Waals surface area contributed by atoms with Crippen molar-refractivity contribution in [1.82, 2.24) is 25.1 Å². The van der Waals surface area contributed by atoms with Gasteiger partial charge in [-0.2, -0.15) is 5.10 Å². The van der Waals surface area contributed by atoms with Gasteiger partial charge in [0.2, 0.25) is 0 Å². The lowest BCUT2D eigenvalue weighted by Crippen LogP contribution is -2.31. The second kappa shape index (κ2) is 8.63. The molecule has 0 unspecified atom stereocenters. The largest absolute Gasteiger partial charge is 0.367 e. The number of rotatable bonds is 7. The maximum absolute atomic E-state index is 6.41. The highest BCUT2D eigenvalue weighted by Crippen LogP contribution is 2.36. The number of thiophene rings is 1. The Bertz CT molecular complexity index is 1270. The van der Waals surface area contributed by atoms with E-state index in [1.54, 1.807) is 29.9 Å². The summed E-state index contributed by atoms with van der Waals surface area (Å²) in [5, 5.41) is 12.7. The minimum atomic E-state index is -0.0381. The lowest BCUT2D eigenvalue weighted by molar-refractivity contribution is 0.698. The Hall–Kier alpha value is -3.62. The topological polar surface area (TPSA) is 105 Å². The minimum Gasteiger partial charge on any atom is -0.367 e. The Morgan fingerprint density at radius 3 is 2.61 bits per heavy atom. The fourth-order valence-corrected chi connectivity index (χ4v) is 4.45. The van der Waals surface area contributed by atoms with Crippen molar-refractivity contribution in [2.24, 2.45) is 5.73 Å². The molecule has 4 N–H and O–H groups in total. The summed E-state index contributed by atoms with van der Waals surface area (Å²) < 4.78 is 0.995. The molecule has 0 bridgehead atoms. The van der Waals surface area contributed by atoms with Crippen LogP contribution in [0.4, 0.5) is 5.82 Å². The summed E-state index contributed by atoms with van der Waals surface area (Å²) in [6.45, 7) is 0.605. The molecule has 4 aromatic heterocycles. The number of hydrogen-bond donors (Lipinski definition) is 3. The molecule has 0 saturated heterocycles. The Labute approximate surface area is 183 Å². The van der Waals surface area contributed by atoms with E-state index >= 15 is 0 Å². The van der Waals surface area contributed by atoms with E-state index in [2.05, 4.69) is 38.0 Å². The molecule has 1 atom stereocenters. The summed E-state index contributed by atoms with van der Waals surface area (Å²) in [5.74, 6) is 1.43. The van der Waals surface area contributed by atoms with E-state index in [1.165, 1.54) is 5.56 Å². The van der Waals surface area contributed by atoms with Crippen molar-refractivity contribution < 1.29 is 0 Å². The number of aromatic amines is 1. The third-order valence-corrected chi connectivity index (χ3v) is 5.99. The number of anilines is 1. The highest BCUT2D eigenvalue weighted by atomic mass is 32.1. The molecule has 0 saturated carbocycles. The highest BCUT2D eigenvalue weighted by Gasteiger charge is 2.17. The van der Waals surface area contributed by atoms with Crippen LogP contribution < -0.4 is 11.1 Å². The van der Waals surface area contributed by atoms with Crippen LogP contribution in [0, 0.1) is 0 Å². The molecule has 0 aliphatic rings. The molecule has 0 spiro atoms. The van der Waals surface area contributed by atoms with Gasteiger partial charge in [-0.3, -0.25) is 10.1 Å². The van der Waals surface area contributed by atoms with Crippen LogP contribution in [0.25, 0.3) is 32.9 Å². The van der Waals surface area contributed by atoms with Crippen molar-refractivity contribution in [3.63, 3.8) is 0 Å². The average molecular weight is 428 g/mol. The molecule has 1 aromatic carbocycles. The van der Waals surface area contributed by atoms with Crippen molar-refractivity contribution in [2.75, 3.05) is 11.9 Å². The predicted octanol–water partition coefficient (Wildman–Crippen LogP) is 4.13. The van der Waals surface area contributed by atoms with Gasteiger partial charge in [-0.25, -0.2) is 9.97 Å². The van der Waals surface area contributed by atoms with Gasteiger partial charge in [0.15, 0.2) is 5.82 Å². The van der Waals surface area contributed by atoms with E-state index in [0.717, 1.165) is 39.3 Å². The second-order valence-electron chi connectivity index (χ2n) is 7.26. The van der Waals surface area contributed by atoms with E-state index in [-0.39, 0.29) is 6.04 Å².